The minimum atomic E-state index is -0.0236. The second kappa shape index (κ2) is 9.87. The highest BCUT2D eigenvalue weighted by Gasteiger charge is 2.17. The number of nitrogens with one attached hydrogen (secondary N) is 2. The summed E-state index contributed by atoms with van der Waals surface area (Å²) in [4.78, 5) is 18.3. The number of rotatable bonds is 8. The lowest BCUT2D eigenvalue weighted by molar-refractivity contribution is -0.901. The summed E-state index contributed by atoms with van der Waals surface area (Å²) in [5, 5.41) is 7.67. The fraction of sp³-hybridized carbons (Fsp3) is 0.348. The molecule has 0 spiro atoms. The van der Waals surface area contributed by atoms with Gasteiger partial charge in [-0.05, 0) is 29.8 Å². The Bertz CT molecular complexity index is 981. The summed E-state index contributed by atoms with van der Waals surface area (Å²) < 4.78 is 5.28. The lowest BCUT2D eigenvalue weighted by atomic mass is 10.1. The van der Waals surface area contributed by atoms with Crippen LogP contribution in [0.4, 0.5) is 0 Å². The Kier molecular flexibility index (Phi) is 6.77. The minimum absolute atomic E-state index is 0.0236. The molecule has 7 heteroatoms. The van der Waals surface area contributed by atoms with Gasteiger partial charge in [0.1, 0.15) is 6.54 Å². The molecule has 0 unspecified atom stereocenters. The van der Waals surface area contributed by atoms with Gasteiger partial charge in [-0.2, -0.15) is 4.98 Å². The quantitative estimate of drug-likeness (QED) is 0.582. The van der Waals surface area contributed by atoms with Crippen LogP contribution in [0, 0.1) is 0 Å². The maximum Gasteiger partial charge on any atom is 0.227 e. The molecule has 0 radical (unpaired) electrons. The molecule has 2 heterocycles. The number of carbonyl (C=O) groups is 1. The van der Waals surface area contributed by atoms with Crippen molar-refractivity contribution in [2.75, 3.05) is 13.1 Å². The van der Waals surface area contributed by atoms with E-state index in [9.17, 15) is 4.79 Å². The number of hydrogen-bond acceptors (Lipinski definition) is 4. The Hall–Kier alpha value is -2.70. The number of nitrogens with zero attached hydrogens (tertiary/aromatic N) is 2. The molecule has 4 rings (SSSR count). The summed E-state index contributed by atoms with van der Waals surface area (Å²) >= 11 is 5.90. The van der Waals surface area contributed by atoms with Crippen molar-refractivity contribution < 1.29 is 14.2 Å². The van der Waals surface area contributed by atoms with Gasteiger partial charge in [-0.15, -0.1) is 0 Å². The highest BCUT2D eigenvalue weighted by atomic mass is 35.5. The molecule has 2 aromatic carbocycles. The molecule has 30 heavy (non-hydrogen) atoms. The third-order valence-corrected chi connectivity index (χ3v) is 5.73. The topological polar surface area (TPSA) is 72.5 Å². The third kappa shape index (κ3) is 5.46. The Labute approximate surface area is 181 Å². The van der Waals surface area contributed by atoms with E-state index in [-0.39, 0.29) is 5.91 Å². The zero-order valence-corrected chi connectivity index (χ0v) is 17.6. The number of benzene rings is 2. The van der Waals surface area contributed by atoms with Crippen molar-refractivity contribution in [1.82, 2.24) is 15.5 Å². The number of halogens is 1. The van der Waals surface area contributed by atoms with E-state index >= 15 is 0 Å². The van der Waals surface area contributed by atoms with Crippen LogP contribution in [0.2, 0.25) is 5.02 Å². The lowest BCUT2D eigenvalue weighted by Crippen LogP contribution is -3.08. The van der Waals surface area contributed by atoms with Crippen LogP contribution < -0.4 is 10.2 Å². The van der Waals surface area contributed by atoms with E-state index in [1.807, 2.05) is 18.2 Å². The van der Waals surface area contributed by atoms with Crippen molar-refractivity contribution >= 4 is 17.5 Å². The van der Waals surface area contributed by atoms with Gasteiger partial charge in [-0.3, -0.25) is 4.79 Å². The number of carbonyl (C=O) groups excluding carboxylic acids is 1. The summed E-state index contributed by atoms with van der Waals surface area (Å²) in [5.41, 5.74) is 3.34. The maximum atomic E-state index is 12.3. The summed E-state index contributed by atoms with van der Waals surface area (Å²) in [7, 11) is 0. The molecule has 2 N–H and O–H groups in total. The van der Waals surface area contributed by atoms with Gasteiger partial charge in [-0.1, -0.05) is 41.0 Å². The monoisotopic (exact) mass is 425 g/mol. The van der Waals surface area contributed by atoms with Crippen molar-refractivity contribution in [2.24, 2.45) is 0 Å². The molecule has 0 saturated carbocycles. The van der Waals surface area contributed by atoms with Crippen LogP contribution in [0.1, 0.15) is 36.3 Å². The summed E-state index contributed by atoms with van der Waals surface area (Å²) in [6, 6.07) is 15.6. The van der Waals surface area contributed by atoms with E-state index in [1.54, 1.807) is 17.0 Å². The van der Waals surface area contributed by atoms with Crippen molar-refractivity contribution in [3.63, 3.8) is 0 Å². The van der Waals surface area contributed by atoms with Gasteiger partial charge in [0, 0.05) is 48.4 Å². The SMILES string of the molecule is O=C(CCc1nc(-c2ccc(Cl)cc2)no1)NCc1ccccc1C[NH+]1CCCC1. The number of aryl methyl sites for hydroxylation is 1. The van der Waals surface area contributed by atoms with E-state index in [4.69, 9.17) is 16.1 Å². The predicted molar refractivity (Wildman–Crippen MR) is 115 cm³/mol. The second-order valence-corrected chi connectivity index (χ2v) is 8.13. The van der Waals surface area contributed by atoms with Gasteiger partial charge in [0.25, 0.3) is 0 Å². The molecule has 0 atom stereocenters. The predicted octanol–water partition coefficient (Wildman–Crippen LogP) is 2.82. The van der Waals surface area contributed by atoms with Gasteiger partial charge in [0.2, 0.25) is 17.6 Å². The molecule has 1 aromatic heterocycles. The molecule has 6 nitrogen and oxygen atoms in total. The van der Waals surface area contributed by atoms with Gasteiger partial charge < -0.3 is 14.7 Å². The van der Waals surface area contributed by atoms with E-state index in [0.717, 1.165) is 12.1 Å². The van der Waals surface area contributed by atoms with Crippen LogP contribution in [-0.4, -0.2) is 29.1 Å². The minimum Gasteiger partial charge on any atom is -0.352 e. The standard InChI is InChI=1S/C23H25ClN4O2/c24-20-9-7-17(8-10-20)23-26-22(30-27-23)12-11-21(29)25-15-18-5-1-2-6-19(18)16-28-13-3-4-14-28/h1-2,5-10H,3-4,11-16H2,(H,25,29)/p+1. The third-order valence-electron chi connectivity index (χ3n) is 5.48. The van der Waals surface area contributed by atoms with Gasteiger partial charge in [0.05, 0.1) is 13.1 Å². The number of aromatic nitrogens is 2. The normalized spacial score (nSPS) is 14.2. The first kappa shape index (κ1) is 20.6. The molecular formula is C23H26ClN4O2+. The average molecular weight is 426 g/mol. The molecule has 3 aromatic rings. The van der Waals surface area contributed by atoms with E-state index in [1.165, 1.54) is 37.1 Å². The average Bonchev–Trinajstić information content (AvgIpc) is 3.44. The zero-order valence-electron chi connectivity index (χ0n) is 16.9. The summed E-state index contributed by atoms with van der Waals surface area (Å²) in [6.45, 7) is 4.05. The highest BCUT2D eigenvalue weighted by Crippen LogP contribution is 2.19. The van der Waals surface area contributed by atoms with E-state index in [2.05, 4.69) is 33.7 Å². The van der Waals surface area contributed by atoms with Crippen molar-refractivity contribution in [1.29, 1.82) is 0 Å². The van der Waals surface area contributed by atoms with Crippen molar-refractivity contribution in [2.45, 2.75) is 38.8 Å². The van der Waals surface area contributed by atoms with E-state index < -0.39 is 0 Å². The Balaban J connectivity index is 1.27. The first-order valence-electron chi connectivity index (χ1n) is 10.4. The van der Waals surface area contributed by atoms with Crippen LogP contribution in [0.15, 0.2) is 53.1 Å². The van der Waals surface area contributed by atoms with Crippen LogP contribution in [0.3, 0.4) is 0 Å². The van der Waals surface area contributed by atoms with Crippen LogP contribution >= 0.6 is 11.6 Å². The fourth-order valence-electron chi connectivity index (χ4n) is 3.80. The largest absolute Gasteiger partial charge is 0.352 e. The Morgan fingerprint density at radius 1 is 1.07 bits per heavy atom. The zero-order chi connectivity index (χ0) is 20.8. The fourth-order valence-corrected chi connectivity index (χ4v) is 3.92. The molecule has 0 aliphatic carbocycles. The van der Waals surface area contributed by atoms with Crippen molar-refractivity contribution in [3.05, 3.63) is 70.6 Å². The van der Waals surface area contributed by atoms with Gasteiger partial charge in [0.15, 0.2) is 0 Å². The molecule has 1 saturated heterocycles. The molecule has 0 bridgehead atoms. The Morgan fingerprint density at radius 3 is 2.57 bits per heavy atom. The summed E-state index contributed by atoms with van der Waals surface area (Å²) in [5.74, 6) is 0.929. The summed E-state index contributed by atoms with van der Waals surface area (Å²) in [6.07, 6.45) is 3.33. The molecule has 1 aliphatic heterocycles. The van der Waals surface area contributed by atoms with Crippen LogP contribution in [-0.2, 0) is 24.3 Å². The van der Waals surface area contributed by atoms with Crippen LogP contribution in [0.5, 0.6) is 0 Å². The molecule has 1 aliphatic rings. The highest BCUT2D eigenvalue weighted by molar-refractivity contribution is 6.30. The second-order valence-electron chi connectivity index (χ2n) is 7.70. The maximum absolute atomic E-state index is 12.3. The number of quaternary nitrogens is 1. The van der Waals surface area contributed by atoms with E-state index in [0.29, 0.717) is 36.1 Å². The molecule has 1 amide bonds. The van der Waals surface area contributed by atoms with Gasteiger partial charge >= 0.3 is 0 Å². The van der Waals surface area contributed by atoms with Crippen molar-refractivity contribution in [3.8, 4) is 11.4 Å². The molecule has 1 fully saturated rings. The van der Waals surface area contributed by atoms with Gasteiger partial charge in [-0.25, -0.2) is 0 Å². The molecule has 156 valence electrons. The number of hydrogen-bond donors (Lipinski definition) is 2. The number of likely N-dealkylation sites (tertiary alicyclic amines) is 1. The lowest BCUT2D eigenvalue weighted by Gasteiger charge is -2.15. The first-order chi connectivity index (χ1) is 14.7. The Morgan fingerprint density at radius 2 is 1.80 bits per heavy atom. The van der Waals surface area contributed by atoms with Crippen LogP contribution in [0.25, 0.3) is 11.4 Å². The smallest absolute Gasteiger partial charge is 0.227 e. The number of amides is 1. The first-order valence-corrected chi connectivity index (χ1v) is 10.8. The molecular weight excluding hydrogens is 400 g/mol.